The number of fused-ring (bicyclic) bond motifs is 1. The molecule has 8 heteroatoms. The van der Waals surface area contributed by atoms with Gasteiger partial charge in [-0.25, -0.2) is 19.3 Å². The molecule has 7 nitrogen and oxygen atoms in total. The monoisotopic (exact) mass is 393 g/mol. The van der Waals surface area contributed by atoms with Crippen LogP contribution in [0.3, 0.4) is 0 Å². The summed E-state index contributed by atoms with van der Waals surface area (Å²) >= 11 is 1.46. The van der Waals surface area contributed by atoms with Gasteiger partial charge in [0, 0.05) is 6.54 Å². The van der Waals surface area contributed by atoms with Crippen molar-refractivity contribution in [2.45, 2.75) is 27.3 Å². The molecule has 0 aliphatic rings. The van der Waals surface area contributed by atoms with Gasteiger partial charge >= 0.3 is 5.69 Å². The maximum absolute atomic E-state index is 13.2. The lowest BCUT2D eigenvalue weighted by Crippen LogP contribution is -2.23. The van der Waals surface area contributed by atoms with Gasteiger partial charge < -0.3 is 5.73 Å². The quantitative estimate of drug-likeness (QED) is 0.576. The van der Waals surface area contributed by atoms with Crippen molar-refractivity contribution in [3.63, 3.8) is 0 Å². The van der Waals surface area contributed by atoms with Crippen molar-refractivity contribution in [1.29, 1.82) is 0 Å². The van der Waals surface area contributed by atoms with Gasteiger partial charge in [0.2, 0.25) is 0 Å². The first-order chi connectivity index (χ1) is 13.4. The molecule has 142 valence electrons. The summed E-state index contributed by atoms with van der Waals surface area (Å²) in [5.74, 6) is -0.313. The Morgan fingerprint density at radius 1 is 1.18 bits per heavy atom. The molecule has 0 unspecified atom stereocenters. The minimum atomic E-state index is -0.690. The van der Waals surface area contributed by atoms with E-state index >= 15 is 0 Å². The van der Waals surface area contributed by atoms with Gasteiger partial charge in [-0.3, -0.25) is 9.36 Å². The summed E-state index contributed by atoms with van der Waals surface area (Å²) in [6.45, 7) is 6.21. The maximum Gasteiger partial charge on any atom is 0.335 e. The van der Waals surface area contributed by atoms with Gasteiger partial charge in [0.15, 0.2) is 17.2 Å². The van der Waals surface area contributed by atoms with Crippen molar-refractivity contribution >= 4 is 28.4 Å². The first-order valence-corrected chi connectivity index (χ1v) is 9.75. The minimum absolute atomic E-state index is 0.0509. The lowest BCUT2D eigenvalue weighted by atomic mass is 10.1. The molecule has 1 amide bonds. The van der Waals surface area contributed by atoms with E-state index < -0.39 is 5.91 Å². The van der Waals surface area contributed by atoms with E-state index in [0.717, 1.165) is 16.0 Å². The van der Waals surface area contributed by atoms with Crippen molar-refractivity contribution < 1.29 is 4.79 Å². The number of thiophene rings is 1. The van der Waals surface area contributed by atoms with Crippen molar-refractivity contribution in [2.75, 3.05) is 0 Å². The standard InChI is InChI=1S/C20H19N5O2S/c1-4-24-16-15(17(21)26)22-18(14-6-5-9-28-14)23-19(16)25(20(24)27)13-8-7-11(2)12(3)10-13/h5-10H,4H2,1-3H3,(H2,21,26). The lowest BCUT2D eigenvalue weighted by Gasteiger charge is -2.07. The second kappa shape index (κ2) is 6.72. The van der Waals surface area contributed by atoms with Gasteiger partial charge in [-0.05, 0) is 55.5 Å². The number of primary amides is 1. The minimum Gasteiger partial charge on any atom is -0.364 e. The number of aryl methyl sites for hydroxylation is 3. The van der Waals surface area contributed by atoms with E-state index in [2.05, 4.69) is 9.97 Å². The summed E-state index contributed by atoms with van der Waals surface area (Å²) in [5, 5.41) is 1.90. The third-order valence-electron chi connectivity index (χ3n) is 4.81. The normalized spacial score (nSPS) is 11.2. The van der Waals surface area contributed by atoms with E-state index in [4.69, 9.17) is 5.73 Å². The van der Waals surface area contributed by atoms with Gasteiger partial charge in [-0.1, -0.05) is 12.1 Å². The Bertz CT molecular complexity index is 1270. The largest absolute Gasteiger partial charge is 0.364 e. The topological polar surface area (TPSA) is 95.8 Å². The average Bonchev–Trinajstić information content (AvgIpc) is 3.29. The summed E-state index contributed by atoms with van der Waals surface area (Å²) in [6.07, 6.45) is 0. The molecule has 2 N–H and O–H groups in total. The Hall–Kier alpha value is -3.26. The van der Waals surface area contributed by atoms with Crippen LogP contribution in [0.4, 0.5) is 0 Å². The zero-order valence-electron chi connectivity index (χ0n) is 15.8. The maximum atomic E-state index is 13.2. The number of hydrogen-bond acceptors (Lipinski definition) is 5. The summed E-state index contributed by atoms with van der Waals surface area (Å²) in [7, 11) is 0. The molecule has 0 saturated carbocycles. The summed E-state index contributed by atoms with van der Waals surface area (Å²) in [4.78, 5) is 35.2. The summed E-state index contributed by atoms with van der Waals surface area (Å²) < 4.78 is 3.01. The number of hydrogen-bond donors (Lipinski definition) is 1. The zero-order chi connectivity index (χ0) is 20.0. The molecular weight excluding hydrogens is 374 g/mol. The Kier molecular flexibility index (Phi) is 4.35. The van der Waals surface area contributed by atoms with E-state index in [1.807, 2.05) is 56.5 Å². The van der Waals surface area contributed by atoms with Crippen molar-refractivity contribution in [3.8, 4) is 16.4 Å². The molecular formula is C20H19N5O2S. The molecule has 3 heterocycles. The van der Waals surface area contributed by atoms with Crippen molar-refractivity contribution in [1.82, 2.24) is 19.1 Å². The number of nitrogens with zero attached hydrogens (tertiary/aromatic N) is 4. The molecule has 4 aromatic rings. The highest BCUT2D eigenvalue weighted by atomic mass is 32.1. The van der Waals surface area contributed by atoms with E-state index in [9.17, 15) is 9.59 Å². The van der Waals surface area contributed by atoms with Gasteiger partial charge in [0.05, 0.1) is 10.6 Å². The highest BCUT2D eigenvalue weighted by Crippen LogP contribution is 2.26. The van der Waals surface area contributed by atoms with Crippen molar-refractivity contribution in [3.05, 3.63) is 63.0 Å². The Morgan fingerprint density at radius 3 is 2.57 bits per heavy atom. The molecule has 0 bridgehead atoms. The molecule has 0 radical (unpaired) electrons. The summed E-state index contributed by atoms with van der Waals surface area (Å²) in [5.41, 5.74) is 9.01. The molecule has 28 heavy (non-hydrogen) atoms. The third-order valence-corrected chi connectivity index (χ3v) is 5.68. The van der Waals surface area contributed by atoms with Crippen LogP contribution in [0.2, 0.25) is 0 Å². The second-order valence-electron chi connectivity index (χ2n) is 6.54. The first-order valence-electron chi connectivity index (χ1n) is 8.87. The number of rotatable bonds is 4. The van der Waals surface area contributed by atoms with Gasteiger partial charge in [0.1, 0.15) is 5.52 Å². The highest BCUT2D eigenvalue weighted by Gasteiger charge is 2.24. The average molecular weight is 393 g/mol. The number of benzene rings is 1. The number of imidazole rings is 1. The fourth-order valence-corrected chi connectivity index (χ4v) is 3.89. The number of carbonyl (C=O) groups is 1. The van der Waals surface area contributed by atoms with Crippen LogP contribution in [0.5, 0.6) is 0 Å². The van der Waals surface area contributed by atoms with E-state index in [0.29, 0.717) is 29.2 Å². The zero-order valence-corrected chi connectivity index (χ0v) is 16.6. The Labute approximate surface area is 165 Å². The molecule has 0 saturated heterocycles. The Balaban J connectivity index is 2.15. The summed E-state index contributed by atoms with van der Waals surface area (Å²) in [6, 6.07) is 9.52. The molecule has 1 aromatic carbocycles. The lowest BCUT2D eigenvalue weighted by molar-refractivity contribution is 0.0997. The van der Waals surface area contributed by atoms with Gasteiger partial charge in [-0.2, -0.15) is 0 Å². The number of aromatic nitrogens is 4. The number of nitrogens with two attached hydrogens (primary N) is 1. The molecule has 4 rings (SSSR count). The van der Waals surface area contributed by atoms with Crippen LogP contribution in [0.1, 0.15) is 28.5 Å². The highest BCUT2D eigenvalue weighted by molar-refractivity contribution is 7.13. The van der Waals surface area contributed by atoms with Crippen LogP contribution < -0.4 is 11.4 Å². The van der Waals surface area contributed by atoms with Crippen LogP contribution in [-0.2, 0) is 6.54 Å². The van der Waals surface area contributed by atoms with Crippen LogP contribution in [0.15, 0.2) is 40.5 Å². The molecule has 0 atom stereocenters. The molecule has 0 aliphatic heterocycles. The molecule has 0 aliphatic carbocycles. The number of carbonyl (C=O) groups excluding carboxylic acids is 1. The molecule has 3 aromatic heterocycles. The van der Waals surface area contributed by atoms with Gasteiger partial charge in [0.25, 0.3) is 5.91 Å². The predicted molar refractivity (Wildman–Crippen MR) is 110 cm³/mol. The van der Waals surface area contributed by atoms with Crippen LogP contribution >= 0.6 is 11.3 Å². The second-order valence-corrected chi connectivity index (χ2v) is 7.49. The first kappa shape index (κ1) is 18.1. The van der Waals surface area contributed by atoms with Crippen LogP contribution in [0, 0.1) is 13.8 Å². The van der Waals surface area contributed by atoms with Crippen LogP contribution in [-0.4, -0.2) is 25.0 Å². The Morgan fingerprint density at radius 2 is 1.96 bits per heavy atom. The SMILES string of the molecule is CCn1c(=O)n(-c2ccc(C)c(C)c2)c2nc(-c3cccs3)nc(C(N)=O)c21. The van der Waals surface area contributed by atoms with E-state index in [1.165, 1.54) is 20.5 Å². The smallest absolute Gasteiger partial charge is 0.335 e. The van der Waals surface area contributed by atoms with E-state index in [-0.39, 0.29) is 11.4 Å². The predicted octanol–water partition coefficient (Wildman–Crippen LogP) is 3.05. The molecule has 0 fully saturated rings. The fraction of sp³-hybridized carbons (Fsp3) is 0.200. The third kappa shape index (κ3) is 2.73. The van der Waals surface area contributed by atoms with Crippen molar-refractivity contribution in [2.24, 2.45) is 5.73 Å². The van der Waals surface area contributed by atoms with Gasteiger partial charge in [-0.15, -0.1) is 11.3 Å². The fourth-order valence-electron chi connectivity index (χ4n) is 3.23. The van der Waals surface area contributed by atoms with Crippen LogP contribution in [0.25, 0.3) is 27.6 Å². The number of amides is 1. The molecule has 0 spiro atoms. The van der Waals surface area contributed by atoms with E-state index in [1.54, 1.807) is 0 Å².